The highest BCUT2D eigenvalue weighted by Gasteiger charge is 2.34. The van der Waals surface area contributed by atoms with Crippen molar-refractivity contribution in [2.45, 2.75) is 12.0 Å². The van der Waals surface area contributed by atoms with Gasteiger partial charge in [-0.15, -0.1) is 11.3 Å². The molecule has 0 spiro atoms. The zero-order chi connectivity index (χ0) is 41.9. The summed E-state index contributed by atoms with van der Waals surface area (Å²) >= 11 is 1.89. The summed E-state index contributed by atoms with van der Waals surface area (Å²) in [5.74, 6) is 1.12. The molecule has 2 unspecified atom stereocenters. The number of allylic oxidation sites excluding steroid dienone is 2. The minimum Gasteiger partial charge on any atom is -0.485 e. The number of para-hydroxylation sites is 1. The largest absolute Gasteiger partial charge is 0.485 e. The summed E-state index contributed by atoms with van der Waals surface area (Å²) in [5, 5.41) is 7.32. The minimum atomic E-state index is -0.00294. The van der Waals surface area contributed by atoms with Crippen molar-refractivity contribution in [3.8, 4) is 44.8 Å². The number of nitrogens with zero attached hydrogens (tertiary/aromatic N) is 1. The van der Waals surface area contributed by atoms with Crippen LogP contribution in [-0.2, 0) is 0 Å². The van der Waals surface area contributed by atoms with Gasteiger partial charge in [-0.3, -0.25) is 0 Å². The van der Waals surface area contributed by atoms with Crippen LogP contribution in [0, 0.1) is 0 Å². The number of hydrogen-bond acceptors (Lipinski definition) is 3. The van der Waals surface area contributed by atoms with Gasteiger partial charge in [-0.1, -0.05) is 133 Å². The molecule has 1 aliphatic heterocycles. The molecule has 9 aromatic carbocycles. The summed E-state index contributed by atoms with van der Waals surface area (Å²) in [4.78, 5) is 0. The monoisotopic (exact) mass is 835 g/mol. The van der Waals surface area contributed by atoms with Crippen LogP contribution in [-0.4, -0.2) is 10.7 Å². The van der Waals surface area contributed by atoms with E-state index in [9.17, 15) is 0 Å². The fourth-order valence-electron chi connectivity index (χ4n) is 10.4. The van der Waals surface area contributed by atoms with Gasteiger partial charge in [-0.25, -0.2) is 0 Å². The number of benzene rings is 9. The van der Waals surface area contributed by atoms with Gasteiger partial charge in [0.15, 0.2) is 0 Å². The SMILES string of the molecule is C1=CC2Oc3ccc(-c4ccccc4)cc3C2C=C1c1ccc2c(c1)c1ccc3c4cc(-c5ccc6oc7ccc(-c8ccccc8)cc7c6c5)ccc4sc3c1n2-c1ccccc1. The van der Waals surface area contributed by atoms with Gasteiger partial charge in [0.2, 0.25) is 0 Å². The lowest BCUT2D eigenvalue weighted by Crippen LogP contribution is -2.16. The molecule has 2 atom stereocenters. The van der Waals surface area contributed by atoms with E-state index in [0.717, 1.165) is 33.4 Å². The molecule has 3 aromatic heterocycles. The lowest BCUT2D eigenvalue weighted by molar-refractivity contribution is 0.269. The van der Waals surface area contributed by atoms with Gasteiger partial charge in [0.1, 0.15) is 23.0 Å². The van der Waals surface area contributed by atoms with E-state index < -0.39 is 0 Å². The smallest absolute Gasteiger partial charge is 0.135 e. The van der Waals surface area contributed by atoms with Crippen LogP contribution in [0.1, 0.15) is 17.0 Å². The van der Waals surface area contributed by atoms with E-state index in [0.29, 0.717) is 0 Å². The Balaban J connectivity index is 0.892. The Labute approximate surface area is 373 Å². The number of hydrogen-bond donors (Lipinski definition) is 0. The fraction of sp³-hybridized carbons (Fsp3) is 0.0333. The quantitative estimate of drug-likeness (QED) is 0.173. The van der Waals surface area contributed by atoms with Crippen LogP contribution in [0.4, 0.5) is 0 Å². The second-order valence-corrected chi connectivity index (χ2v) is 18.2. The Morgan fingerprint density at radius 3 is 1.78 bits per heavy atom. The highest BCUT2D eigenvalue weighted by molar-refractivity contribution is 7.26. The summed E-state index contributed by atoms with van der Waals surface area (Å²) in [6, 6.07) is 70.4. The van der Waals surface area contributed by atoms with Crippen molar-refractivity contribution in [1.29, 1.82) is 0 Å². The van der Waals surface area contributed by atoms with Crippen molar-refractivity contribution >= 4 is 80.8 Å². The molecule has 0 amide bonds. The number of rotatable bonds is 5. The van der Waals surface area contributed by atoms with Gasteiger partial charge in [-0.2, -0.15) is 0 Å². The Bertz CT molecular complexity index is 3930. The van der Waals surface area contributed by atoms with Gasteiger partial charge in [0.05, 0.1) is 15.7 Å². The fourth-order valence-corrected chi connectivity index (χ4v) is 11.6. The molecule has 2 aliphatic rings. The van der Waals surface area contributed by atoms with Crippen molar-refractivity contribution in [3.63, 3.8) is 0 Å². The maximum absolute atomic E-state index is 6.47. The maximum atomic E-state index is 6.47. The predicted octanol–water partition coefficient (Wildman–Crippen LogP) is 16.5. The molecule has 0 bridgehead atoms. The van der Waals surface area contributed by atoms with Crippen LogP contribution in [0.3, 0.4) is 0 Å². The lowest BCUT2D eigenvalue weighted by Gasteiger charge is -2.19. The van der Waals surface area contributed by atoms with Gasteiger partial charge >= 0.3 is 0 Å². The van der Waals surface area contributed by atoms with Crippen molar-refractivity contribution < 1.29 is 9.15 Å². The van der Waals surface area contributed by atoms with E-state index in [4.69, 9.17) is 9.15 Å². The summed E-state index contributed by atoms with van der Waals surface area (Å²) < 4.78 is 17.9. The third-order valence-corrected chi connectivity index (χ3v) is 14.7. The molecular formula is C60H37NO2S. The number of furan rings is 1. The molecule has 4 heterocycles. The summed E-state index contributed by atoms with van der Waals surface area (Å²) in [5.41, 5.74) is 16.3. The molecule has 0 N–H and O–H groups in total. The first-order valence-corrected chi connectivity index (χ1v) is 22.8. The zero-order valence-electron chi connectivity index (χ0n) is 34.5. The van der Waals surface area contributed by atoms with Crippen LogP contribution in [0.5, 0.6) is 5.75 Å². The molecular weight excluding hydrogens is 799 g/mol. The number of aromatic nitrogens is 1. The second-order valence-electron chi connectivity index (χ2n) is 17.2. The first-order valence-electron chi connectivity index (χ1n) is 22.0. The Morgan fingerprint density at radius 2 is 1.05 bits per heavy atom. The van der Waals surface area contributed by atoms with Crippen LogP contribution in [0.25, 0.3) is 109 Å². The first kappa shape index (κ1) is 35.7. The van der Waals surface area contributed by atoms with Gasteiger partial charge in [0, 0.05) is 54.2 Å². The van der Waals surface area contributed by atoms with E-state index >= 15 is 0 Å². The van der Waals surface area contributed by atoms with Crippen LogP contribution < -0.4 is 4.74 Å². The number of thiophene rings is 1. The molecule has 3 nitrogen and oxygen atoms in total. The van der Waals surface area contributed by atoms with Crippen molar-refractivity contribution in [2.24, 2.45) is 0 Å². The standard InChI is InChI=1S/C60H37NO2S/c1-4-10-36(11-5-1)38-17-25-54-48(31-38)50-33-41(19-27-56(50)62-54)40-16-24-53-47(30-40)45-22-23-46-52-35-43(21-29-58(52)64-60(46)59(45)61(53)44-14-8-3-9-15-44)42-20-28-57-51(34-42)49-32-39(18-26-55(49)63-57)37-12-6-2-7-13-37/h1-35,50,56H. The third kappa shape index (κ3) is 5.46. The van der Waals surface area contributed by atoms with E-state index in [1.54, 1.807) is 0 Å². The van der Waals surface area contributed by atoms with Crippen LogP contribution >= 0.6 is 11.3 Å². The molecule has 1 aliphatic carbocycles. The van der Waals surface area contributed by atoms with E-state index in [1.165, 1.54) is 92.1 Å². The highest BCUT2D eigenvalue weighted by Crippen LogP contribution is 2.48. The number of fused-ring (bicyclic) bond motifs is 13. The van der Waals surface area contributed by atoms with Crippen LogP contribution in [0.15, 0.2) is 217 Å². The van der Waals surface area contributed by atoms with Gasteiger partial charge in [0.25, 0.3) is 0 Å². The van der Waals surface area contributed by atoms with E-state index in [-0.39, 0.29) is 12.0 Å². The van der Waals surface area contributed by atoms with E-state index in [1.807, 2.05) is 11.3 Å². The number of ether oxygens (including phenoxy) is 1. The highest BCUT2D eigenvalue weighted by atomic mass is 32.1. The maximum Gasteiger partial charge on any atom is 0.135 e. The topological polar surface area (TPSA) is 27.3 Å². The molecule has 4 heteroatoms. The minimum absolute atomic E-state index is 0.00294. The molecule has 0 saturated carbocycles. The van der Waals surface area contributed by atoms with Gasteiger partial charge < -0.3 is 13.7 Å². The third-order valence-electron chi connectivity index (χ3n) is 13.5. The Hall–Kier alpha value is -7.92. The second kappa shape index (κ2) is 13.8. The predicted molar refractivity (Wildman–Crippen MR) is 268 cm³/mol. The molecule has 12 aromatic rings. The first-order chi connectivity index (χ1) is 31.7. The summed E-state index contributed by atoms with van der Waals surface area (Å²) in [6.07, 6.45) is 6.90. The van der Waals surface area contributed by atoms with Gasteiger partial charge in [-0.05, 0) is 123 Å². The van der Waals surface area contributed by atoms with Crippen LogP contribution in [0.2, 0.25) is 0 Å². The van der Waals surface area contributed by atoms with Crippen molar-refractivity contribution in [3.05, 3.63) is 223 Å². The molecule has 64 heavy (non-hydrogen) atoms. The molecule has 300 valence electrons. The average molecular weight is 836 g/mol. The molecule has 14 rings (SSSR count). The molecule has 0 saturated heterocycles. The molecule has 0 radical (unpaired) electrons. The van der Waals surface area contributed by atoms with Crippen molar-refractivity contribution in [2.75, 3.05) is 0 Å². The average Bonchev–Trinajstić information content (AvgIpc) is 4.12. The van der Waals surface area contributed by atoms with E-state index in [2.05, 4.69) is 217 Å². The molecule has 0 fully saturated rings. The normalized spacial score (nSPS) is 15.7. The van der Waals surface area contributed by atoms with Crippen molar-refractivity contribution in [1.82, 2.24) is 4.57 Å². The summed E-state index contributed by atoms with van der Waals surface area (Å²) in [6.45, 7) is 0. The Morgan fingerprint density at radius 1 is 0.453 bits per heavy atom. The summed E-state index contributed by atoms with van der Waals surface area (Å²) in [7, 11) is 0. The Kier molecular flexibility index (Phi) is 7.68. The lowest BCUT2D eigenvalue weighted by atomic mass is 9.86. The zero-order valence-corrected chi connectivity index (χ0v) is 35.4.